The summed E-state index contributed by atoms with van der Waals surface area (Å²) in [7, 11) is 0. The van der Waals surface area contributed by atoms with Gasteiger partial charge >= 0.3 is 5.97 Å². The summed E-state index contributed by atoms with van der Waals surface area (Å²) in [4.78, 5) is 23.2. The Balaban J connectivity index is 1.81. The molecule has 0 fully saturated rings. The first kappa shape index (κ1) is 16.6. The van der Waals surface area contributed by atoms with Gasteiger partial charge in [-0.1, -0.05) is 18.2 Å². The number of ether oxygens (including phenoxy) is 1. The average molecular weight is 319 g/mol. The van der Waals surface area contributed by atoms with E-state index in [0.717, 1.165) is 0 Å². The first-order valence-corrected chi connectivity index (χ1v) is 6.90. The molecule has 2 aromatic carbocycles. The van der Waals surface area contributed by atoms with Crippen LogP contribution in [0.2, 0.25) is 0 Å². The maximum atomic E-state index is 13.4. The summed E-state index contributed by atoms with van der Waals surface area (Å²) in [6.45, 7) is 1.11. The van der Waals surface area contributed by atoms with Crippen molar-refractivity contribution >= 4 is 17.6 Å². The summed E-state index contributed by atoms with van der Waals surface area (Å²) in [6, 6.07) is 9.81. The highest BCUT2D eigenvalue weighted by Gasteiger charge is 2.10. The molecular formula is C17H15F2NO3. The molecular weight excluding hydrogens is 304 g/mol. The molecule has 4 nitrogen and oxygen atoms in total. The monoisotopic (exact) mass is 319 g/mol. The zero-order valence-electron chi connectivity index (χ0n) is 12.4. The Labute approximate surface area is 132 Å². The van der Waals surface area contributed by atoms with Gasteiger partial charge in [0.1, 0.15) is 11.6 Å². The van der Waals surface area contributed by atoms with Crippen molar-refractivity contribution in [3.8, 4) is 0 Å². The number of anilines is 1. The van der Waals surface area contributed by atoms with Crippen LogP contribution < -0.4 is 5.32 Å². The SMILES string of the molecule is Cc1ccc(NC(=O)COC(=O)Cc2cccc(F)c2)cc1F. The topological polar surface area (TPSA) is 55.4 Å². The molecule has 0 aliphatic heterocycles. The lowest BCUT2D eigenvalue weighted by Gasteiger charge is -2.07. The van der Waals surface area contributed by atoms with Crippen LogP contribution in [-0.4, -0.2) is 18.5 Å². The molecule has 6 heteroatoms. The summed E-state index contributed by atoms with van der Waals surface area (Å²) in [5, 5.41) is 2.42. The van der Waals surface area contributed by atoms with Crippen LogP contribution in [0.5, 0.6) is 0 Å². The highest BCUT2D eigenvalue weighted by Crippen LogP contribution is 2.13. The Morgan fingerprint density at radius 1 is 1.13 bits per heavy atom. The lowest BCUT2D eigenvalue weighted by atomic mass is 10.1. The number of carbonyl (C=O) groups excluding carboxylic acids is 2. The normalized spacial score (nSPS) is 10.2. The summed E-state index contributed by atoms with van der Waals surface area (Å²) in [5.41, 5.74) is 1.19. The second-order valence-electron chi connectivity index (χ2n) is 4.98. The first-order valence-electron chi connectivity index (χ1n) is 6.90. The highest BCUT2D eigenvalue weighted by atomic mass is 19.1. The smallest absolute Gasteiger partial charge is 0.310 e. The number of aryl methyl sites for hydroxylation is 1. The molecule has 0 atom stereocenters. The molecule has 0 radical (unpaired) electrons. The van der Waals surface area contributed by atoms with E-state index in [1.54, 1.807) is 19.1 Å². The molecule has 120 valence electrons. The van der Waals surface area contributed by atoms with Gasteiger partial charge in [0.15, 0.2) is 6.61 Å². The van der Waals surface area contributed by atoms with Crippen LogP contribution in [0.4, 0.5) is 14.5 Å². The average Bonchev–Trinajstić information content (AvgIpc) is 2.49. The van der Waals surface area contributed by atoms with E-state index in [0.29, 0.717) is 11.1 Å². The molecule has 0 unspecified atom stereocenters. The Hall–Kier alpha value is -2.76. The van der Waals surface area contributed by atoms with E-state index in [9.17, 15) is 18.4 Å². The molecule has 2 rings (SSSR count). The van der Waals surface area contributed by atoms with Crippen LogP contribution in [0.25, 0.3) is 0 Å². The van der Waals surface area contributed by atoms with Gasteiger partial charge in [-0.3, -0.25) is 9.59 Å². The summed E-state index contributed by atoms with van der Waals surface area (Å²) < 4.78 is 31.1. The standard InChI is InChI=1S/C17H15F2NO3/c1-11-5-6-14(9-15(11)19)20-16(21)10-23-17(22)8-12-3-2-4-13(18)7-12/h2-7,9H,8,10H2,1H3,(H,20,21). The minimum absolute atomic E-state index is 0.135. The number of hydrogen-bond donors (Lipinski definition) is 1. The van der Waals surface area contributed by atoms with Gasteiger partial charge in [0.05, 0.1) is 6.42 Å². The molecule has 0 spiro atoms. The number of halogens is 2. The fourth-order valence-electron chi connectivity index (χ4n) is 1.88. The number of carbonyl (C=O) groups is 2. The number of nitrogens with one attached hydrogen (secondary N) is 1. The number of amides is 1. The van der Waals surface area contributed by atoms with Crippen molar-refractivity contribution in [2.75, 3.05) is 11.9 Å². The van der Waals surface area contributed by atoms with Gasteiger partial charge in [-0.2, -0.15) is 0 Å². The van der Waals surface area contributed by atoms with E-state index < -0.39 is 30.1 Å². The van der Waals surface area contributed by atoms with Crippen molar-refractivity contribution in [3.05, 3.63) is 65.2 Å². The predicted molar refractivity (Wildman–Crippen MR) is 80.8 cm³/mol. The molecule has 0 aliphatic carbocycles. The Bertz CT molecular complexity index is 732. The lowest BCUT2D eigenvalue weighted by Crippen LogP contribution is -2.21. The number of rotatable bonds is 5. The van der Waals surface area contributed by atoms with Gasteiger partial charge in [0.25, 0.3) is 5.91 Å². The molecule has 1 N–H and O–H groups in total. The fraction of sp³-hybridized carbons (Fsp3) is 0.176. The van der Waals surface area contributed by atoms with Crippen molar-refractivity contribution in [2.24, 2.45) is 0 Å². The third-order valence-electron chi connectivity index (χ3n) is 3.06. The van der Waals surface area contributed by atoms with Crippen LogP contribution >= 0.6 is 0 Å². The molecule has 0 aliphatic rings. The van der Waals surface area contributed by atoms with E-state index in [1.165, 1.54) is 30.3 Å². The fourth-order valence-corrected chi connectivity index (χ4v) is 1.88. The van der Waals surface area contributed by atoms with Crippen LogP contribution in [0.1, 0.15) is 11.1 Å². The van der Waals surface area contributed by atoms with Gasteiger partial charge in [0.2, 0.25) is 0 Å². The maximum Gasteiger partial charge on any atom is 0.310 e. The Morgan fingerprint density at radius 3 is 2.61 bits per heavy atom. The maximum absolute atomic E-state index is 13.4. The molecule has 23 heavy (non-hydrogen) atoms. The van der Waals surface area contributed by atoms with E-state index >= 15 is 0 Å². The third-order valence-corrected chi connectivity index (χ3v) is 3.06. The molecule has 1 amide bonds. The molecule has 2 aromatic rings. The molecule has 0 bridgehead atoms. The summed E-state index contributed by atoms with van der Waals surface area (Å²) in [6.07, 6.45) is -0.135. The van der Waals surface area contributed by atoms with Crippen LogP contribution in [-0.2, 0) is 20.7 Å². The van der Waals surface area contributed by atoms with Crippen molar-refractivity contribution in [1.29, 1.82) is 0 Å². The third kappa shape index (κ3) is 5.18. The quantitative estimate of drug-likeness (QED) is 0.862. The zero-order chi connectivity index (χ0) is 16.8. The lowest BCUT2D eigenvalue weighted by molar-refractivity contribution is -0.146. The molecule has 0 saturated carbocycles. The summed E-state index contributed by atoms with van der Waals surface area (Å²) >= 11 is 0. The van der Waals surface area contributed by atoms with Crippen molar-refractivity contribution < 1.29 is 23.1 Å². The van der Waals surface area contributed by atoms with E-state index in [2.05, 4.69) is 5.32 Å². The first-order chi connectivity index (χ1) is 10.9. The largest absolute Gasteiger partial charge is 0.455 e. The van der Waals surface area contributed by atoms with E-state index in [1.807, 2.05) is 0 Å². The zero-order valence-corrected chi connectivity index (χ0v) is 12.4. The number of benzene rings is 2. The van der Waals surface area contributed by atoms with Crippen molar-refractivity contribution in [3.63, 3.8) is 0 Å². The van der Waals surface area contributed by atoms with Gasteiger partial charge in [0, 0.05) is 5.69 Å². The number of hydrogen-bond acceptors (Lipinski definition) is 3. The van der Waals surface area contributed by atoms with Crippen LogP contribution in [0.3, 0.4) is 0 Å². The van der Waals surface area contributed by atoms with Gasteiger partial charge in [-0.15, -0.1) is 0 Å². The predicted octanol–water partition coefficient (Wildman–Crippen LogP) is 3.00. The summed E-state index contributed by atoms with van der Waals surface area (Å²) in [5.74, 6) is -2.12. The van der Waals surface area contributed by atoms with E-state index in [-0.39, 0.29) is 12.1 Å². The Kier molecular flexibility index (Phi) is 5.41. The van der Waals surface area contributed by atoms with Crippen LogP contribution in [0, 0.1) is 18.6 Å². The highest BCUT2D eigenvalue weighted by molar-refractivity contribution is 5.92. The second-order valence-corrected chi connectivity index (χ2v) is 4.98. The van der Waals surface area contributed by atoms with Crippen molar-refractivity contribution in [1.82, 2.24) is 0 Å². The van der Waals surface area contributed by atoms with Crippen LogP contribution in [0.15, 0.2) is 42.5 Å². The minimum atomic E-state index is -0.652. The van der Waals surface area contributed by atoms with E-state index in [4.69, 9.17) is 4.74 Å². The molecule has 0 saturated heterocycles. The van der Waals surface area contributed by atoms with Gasteiger partial charge in [-0.25, -0.2) is 8.78 Å². The van der Waals surface area contributed by atoms with Gasteiger partial charge in [-0.05, 0) is 42.3 Å². The molecule has 0 aromatic heterocycles. The minimum Gasteiger partial charge on any atom is -0.455 e. The number of esters is 1. The molecule has 0 heterocycles. The second kappa shape index (κ2) is 7.49. The van der Waals surface area contributed by atoms with Crippen molar-refractivity contribution in [2.45, 2.75) is 13.3 Å². The van der Waals surface area contributed by atoms with Gasteiger partial charge < -0.3 is 10.1 Å². The Morgan fingerprint density at radius 2 is 1.91 bits per heavy atom.